The van der Waals surface area contributed by atoms with E-state index in [9.17, 15) is 24.9 Å². The normalized spacial score (nSPS) is 25.0. The number of nitrogens with zero attached hydrogens (tertiary/aromatic N) is 1. The van der Waals surface area contributed by atoms with E-state index < -0.39 is 30.1 Å². The van der Waals surface area contributed by atoms with Crippen molar-refractivity contribution in [2.24, 2.45) is 5.92 Å². The molecule has 0 amide bonds. The van der Waals surface area contributed by atoms with Crippen molar-refractivity contribution >= 4 is 23.6 Å². The van der Waals surface area contributed by atoms with Gasteiger partial charge >= 0.3 is 5.97 Å². The second-order valence-corrected chi connectivity index (χ2v) is 8.28. The minimum absolute atomic E-state index is 0.0496. The van der Waals surface area contributed by atoms with Crippen LogP contribution in [-0.4, -0.2) is 63.5 Å². The first kappa shape index (κ1) is 25.9. The summed E-state index contributed by atoms with van der Waals surface area (Å²) in [5, 5.41) is 34.0. The molecule has 1 aliphatic rings. The van der Waals surface area contributed by atoms with Crippen LogP contribution in [0, 0.1) is 5.92 Å². The number of benzene rings is 1. The van der Waals surface area contributed by atoms with Crippen LogP contribution in [0.1, 0.15) is 36.2 Å². The van der Waals surface area contributed by atoms with Crippen LogP contribution in [0.25, 0.3) is 6.08 Å². The molecule has 1 aliphatic heterocycles. The maximum absolute atomic E-state index is 12.9. The molecule has 0 saturated heterocycles. The Bertz CT molecular complexity index is 1080. The predicted molar refractivity (Wildman–Crippen MR) is 130 cm³/mol. The summed E-state index contributed by atoms with van der Waals surface area (Å²) >= 11 is 0. The van der Waals surface area contributed by atoms with Gasteiger partial charge in [-0.15, -0.1) is 0 Å². The summed E-state index contributed by atoms with van der Waals surface area (Å²) in [7, 11) is 0. The van der Waals surface area contributed by atoms with E-state index in [0.29, 0.717) is 23.7 Å². The highest BCUT2D eigenvalue weighted by Crippen LogP contribution is 2.31. The molecule has 0 spiro atoms. The number of carbonyl (C=O) groups is 2. The van der Waals surface area contributed by atoms with Gasteiger partial charge in [0.1, 0.15) is 41.7 Å². The van der Waals surface area contributed by atoms with E-state index in [2.05, 4.69) is 10.3 Å². The molecule has 0 saturated carbocycles. The quantitative estimate of drug-likeness (QED) is 0.374. The van der Waals surface area contributed by atoms with Gasteiger partial charge < -0.3 is 30.1 Å². The van der Waals surface area contributed by atoms with Gasteiger partial charge in [0.25, 0.3) is 0 Å². The first-order chi connectivity index (χ1) is 16.8. The van der Waals surface area contributed by atoms with Gasteiger partial charge in [-0.1, -0.05) is 31.2 Å². The fourth-order valence-corrected chi connectivity index (χ4v) is 3.36. The summed E-state index contributed by atoms with van der Waals surface area (Å²) < 4.78 is 11.3. The van der Waals surface area contributed by atoms with Crippen LogP contribution in [0.5, 0.6) is 11.5 Å². The lowest BCUT2D eigenvalue weighted by molar-refractivity contribution is -0.127. The number of cyclic esters (lactones) is 1. The summed E-state index contributed by atoms with van der Waals surface area (Å²) in [4.78, 5) is 29.2. The number of phenolic OH excluding ortho intramolecular Hbond substituents is 1. The Balaban J connectivity index is 1.82. The largest absolute Gasteiger partial charge is 0.507 e. The number of aliphatic hydroxyl groups excluding tert-OH is 2. The maximum Gasteiger partial charge on any atom is 0.342 e. The molecule has 1 aromatic heterocycles. The number of nitrogens with one attached hydrogen (secondary N) is 1. The molecule has 4 atom stereocenters. The van der Waals surface area contributed by atoms with Crippen molar-refractivity contribution < 1.29 is 34.4 Å². The summed E-state index contributed by atoms with van der Waals surface area (Å²) in [5.41, 5.74) is 0.259. The first-order valence-corrected chi connectivity index (χ1v) is 11.4. The highest BCUT2D eigenvalue weighted by molar-refractivity contribution is 5.97. The lowest BCUT2D eigenvalue weighted by Gasteiger charge is -2.20. The number of rotatable bonds is 5. The van der Waals surface area contributed by atoms with Gasteiger partial charge in [0.2, 0.25) is 0 Å². The SMILES string of the molecule is C[C@@H]1/C=C\C(=O)[C@@H](O)[C@@H](O)C/C=C/c2cc(OCCNc3ccccn3)cc(O)c2C(=O)O[C@H]1C. The van der Waals surface area contributed by atoms with Crippen molar-refractivity contribution in [1.29, 1.82) is 0 Å². The standard InChI is InChI=1S/C26H30N2O7/c1-16-9-10-21(30)25(32)20(29)7-5-6-18-14-19(15-22(31)24(18)26(33)35-17(16)2)34-13-12-28-23-8-3-4-11-27-23/h3-6,8-11,14-17,20,25,29,31-32H,7,12-13H2,1-2H3,(H,27,28)/b6-5+,10-9-/t16-,17+,20+,25+/m1/s1. The number of hydrogen-bond donors (Lipinski definition) is 4. The van der Waals surface area contributed by atoms with E-state index in [1.807, 2.05) is 18.2 Å². The number of aromatic hydroxyl groups is 1. The van der Waals surface area contributed by atoms with Crippen molar-refractivity contribution in [3.63, 3.8) is 0 Å². The number of ether oxygens (including phenoxy) is 2. The number of phenols is 1. The van der Waals surface area contributed by atoms with Crippen LogP contribution in [0.4, 0.5) is 5.82 Å². The van der Waals surface area contributed by atoms with Crippen molar-refractivity contribution in [2.45, 2.75) is 38.6 Å². The number of hydrogen-bond acceptors (Lipinski definition) is 9. The van der Waals surface area contributed by atoms with Crippen molar-refractivity contribution in [2.75, 3.05) is 18.5 Å². The molecular weight excluding hydrogens is 452 g/mol. The summed E-state index contributed by atoms with van der Waals surface area (Å²) in [5.74, 6) is -1.02. The molecule has 2 aromatic rings. The number of carbonyl (C=O) groups excluding carboxylic acids is 2. The van der Waals surface area contributed by atoms with Crippen molar-refractivity contribution in [3.8, 4) is 11.5 Å². The lowest BCUT2D eigenvalue weighted by Crippen LogP contribution is -2.32. The third-order valence-electron chi connectivity index (χ3n) is 5.60. The minimum atomic E-state index is -1.59. The summed E-state index contributed by atoms with van der Waals surface area (Å²) in [6.07, 6.45) is 3.77. The van der Waals surface area contributed by atoms with Gasteiger partial charge in [-0.2, -0.15) is 0 Å². The number of aliphatic hydroxyl groups is 2. The van der Waals surface area contributed by atoms with Gasteiger partial charge in [-0.05, 0) is 43.2 Å². The topological polar surface area (TPSA) is 138 Å². The molecule has 0 radical (unpaired) electrons. The second kappa shape index (κ2) is 12.1. The molecule has 9 nitrogen and oxygen atoms in total. The molecule has 1 aromatic carbocycles. The van der Waals surface area contributed by atoms with Crippen molar-refractivity contribution in [3.05, 3.63) is 65.9 Å². The number of pyridine rings is 1. The zero-order chi connectivity index (χ0) is 25.4. The molecule has 0 aliphatic carbocycles. The fourth-order valence-electron chi connectivity index (χ4n) is 3.36. The van der Waals surface area contributed by atoms with Gasteiger partial charge in [0.15, 0.2) is 5.78 Å². The van der Waals surface area contributed by atoms with Crippen LogP contribution in [0.2, 0.25) is 0 Å². The molecule has 3 rings (SSSR count). The lowest BCUT2D eigenvalue weighted by atomic mass is 9.99. The third-order valence-corrected chi connectivity index (χ3v) is 5.60. The summed E-state index contributed by atoms with van der Waals surface area (Å²) in [6.45, 7) is 4.12. The average Bonchev–Trinajstić information content (AvgIpc) is 2.84. The number of aromatic nitrogens is 1. The Morgan fingerprint density at radius 3 is 2.71 bits per heavy atom. The zero-order valence-electron chi connectivity index (χ0n) is 19.6. The number of esters is 1. The van der Waals surface area contributed by atoms with Crippen LogP contribution in [0.3, 0.4) is 0 Å². The number of fused-ring (bicyclic) bond motifs is 1. The minimum Gasteiger partial charge on any atom is -0.507 e. The molecule has 2 heterocycles. The van der Waals surface area contributed by atoms with Crippen LogP contribution in [-0.2, 0) is 9.53 Å². The number of anilines is 1. The Morgan fingerprint density at radius 1 is 1.17 bits per heavy atom. The van der Waals surface area contributed by atoms with Crippen LogP contribution < -0.4 is 10.1 Å². The fraction of sp³-hybridized carbons (Fsp3) is 0.346. The molecule has 35 heavy (non-hydrogen) atoms. The molecule has 0 unspecified atom stereocenters. The van der Waals surface area contributed by atoms with E-state index in [-0.39, 0.29) is 30.3 Å². The monoisotopic (exact) mass is 482 g/mol. The van der Waals surface area contributed by atoms with Crippen molar-refractivity contribution in [1.82, 2.24) is 4.98 Å². The summed E-state index contributed by atoms with van der Waals surface area (Å²) in [6, 6.07) is 8.40. The van der Waals surface area contributed by atoms with E-state index >= 15 is 0 Å². The molecule has 0 bridgehead atoms. The highest BCUT2D eigenvalue weighted by Gasteiger charge is 2.25. The molecule has 186 valence electrons. The average molecular weight is 483 g/mol. The zero-order valence-corrected chi connectivity index (χ0v) is 19.6. The highest BCUT2D eigenvalue weighted by atomic mass is 16.5. The van der Waals surface area contributed by atoms with Crippen LogP contribution in [0.15, 0.2) is 54.8 Å². The van der Waals surface area contributed by atoms with Gasteiger partial charge in [0.05, 0.1) is 12.6 Å². The van der Waals surface area contributed by atoms with E-state index in [0.717, 1.165) is 0 Å². The number of ketones is 1. The maximum atomic E-state index is 12.9. The third kappa shape index (κ3) is 7.14. The predicted octanol–water partition coefficient (Wildman–Crippen LogP) is 2.72. The van der Waals surface area contributed by atoms with E-state index in [4.69, 9.17) is 9.47 Å². The molecular formula is C26H30N2O7. The van der Waals surface area contributed by atoms with E-state index in [1.165, 1.54) is 30.4 Å². The molecule has 0 fully saturated rings. The molecule has 9 heteroatoms. The van der Waals surface area contributed by atoms with Gasteiger partial charge in [-0.25, -0.2) is 9.78 Å². The smallest absolute Gasteiger partial charge is 0.342 e. The Morgan fingerprint density at radius 2 is 1.97 bits per heavy atom. The van der Waals surface area contributed by atoms with Gasteiger partial charge in [0, 0.05) is 18.2 Å². The first-order valence-electron chi connectivity index (χ1n) is 11.4. The van der Waals surface area contributed by atoms with E-state index in [1.54, 1.807) is 26.1 Å². The second-order valence-electron chi connectivity index (χ2n) is 8.28. The molecule has 4 N–H and O–H groups in total. The van der Waals surface area contributed by atoms with Crippen LogP contribution >= 0.6 is 0 Å². The Labute approximate surface area is 203 Å². The Kier molecular flexibility index (Phi) is 8.99. The Hall–Kier alpha value is -3.69. The van der Waals surface area contributed by atoms with Gasteiger partial charge in [-0.3, -0.25) is 4.79 Å².